The van der Waals surface area contributed by atoms with Crippen LogP contribution in [0, 0.1) is 13.8 Å². The van der Waals surface area contributed by atoms with Crippen molar-refractivity contribution in [3.05, 3.63) is 46.0 Å². The van der Waals surface area contributed by atoms with Gasteiger partial charge in [-0.2, -0.15) is 0 Å². The van der Waals surface area contributed by atoms with Gasteiger partial charge in [-0.3, -0.25) is 4.79 Å². The molecule has 4 nitrogen and oxygen atoms in total. The molecule has 1 aromatic carbocycles. The molecule has 100 valence electrons. The highest BCUT2D eigenvalue weighted by Crippen LogP contribution is 2.19. The van der Waals surface area contributed by atoms with E-state index in [-0.39, 0.29) is 5.56 Å². The molecular formula is C15H18N2O2. The molecule has 0 saturated heterocycles. The van der Waals surface area contributed by atoms with Crippen molar-refractivity contribution in [3.8, 4) is 17.0 Å². The van der Waals surface area contributed by atoms with Crippen LogP contribution in [0.25, 0.3) is 11.3 Å². The van der Waals surface area contributed by atoms with E-state index in [1.54, 1.807) is 0 Å². The Morgan fingerprint density at radius 3 is 2.53 bits per heavy atom. The molecule has 2 aromatic rings. The minimum absolute atomic E-state index is 0.162. The van der Waals surface area contributed by atoms with Crippen LogP contribution in [-0.4, -0.2) is 16.6 Å². The Balaban J connectivity index is 2.32. The van der Waals surface area contributed by atoms with Gasteiger partial charge in [0, 0.05) is 11.3 Å². The standard InChI is InChI=1S/C15H18N2O2/c1-4-9-19-13-7-5-12(6-8-13)14-15(18)17-11(3)10(2)16-14/h5-8H,4,9H2,1-3H3,(H,17,18). The predicted octanol–water partition coefficient (Wildman–Crippen LogP) is 2.84. The van der Waals surface area contributed by atoms with Crippen LogP contribution in [0.1, 0.15) is 24.7 Å². The van der Waals surface area contributed by atoms with Gasteiger partial charge in [0.05, 0.1) is 12.3 Å². The second kappa shape index (κ2) is 5.69. The van der Waals surface area contributed by atoms with E-state index < -0.39 is 0 Å². The van der Waals surface area contributed by atoms with Crippen LogP contribution in [-0.2, 0) is 0 Å². The Labute approximate surface area is 112 Å². The van der Waals surface area contributed by atoms with Crippen molar-refractivity contribution in [1.82, 2.24) is 9.97 Å². The Morgan fingerprint density at radius 2 is 1.89 bits per heavy atom. The van der Waals surface area contributed by atoms with Crippen molar-refractivity contribution in [2.75, 3.05) is 6.61 Å². The quantitative estimate of drug-likeness (QED) is 0.917. The molecule has 0 radical (unpaired) electrons. The van der Waals surface area contributed by atoms with Crippen molar-refractivity contribution in [1.29, 1.82) is 0 Å². The fourth-order valence-electron chi connectivity index (χ4n) is 1.75. The van der Waals surface area contributed by atoms with Crippen LogP contribution in [0.4, 0.5) is 0 Å². The largest absolute Gasteiger partial charge is 0.494 e. The summed E-state index contributed by atoms with van der Waals surface area (Å²) in [4.78, 5) is 19.1. The van der Waals surface area contributed by atoms with Gasteiger partial charge in [-0.15, -0.1) is 0 Å². The van der Waals surface area contributed by atoms with E-state index in [1.807, 2.05) is 38.1 Å². The van der Waals surface area contributed by atoms with Gasteiger partial charge in [0.2, 0.25) is 0 Å². The molecule has 1 N–H and O–H groups in total. The summed E-state index contributed by atoms with van der Waals surface area (Å²) in [7, 11) is 0. The number of aromatic amines is 1. The maximum absolute atomic E-state index is 11.9. The van der Waals surface area contributed by atoms with Crippen molar-refractivity contribution < 1.29 is 4.74 Å². The molecule has 0 atom stereocenters. The molecule has 0 fully saturated rings. The lowest BCUT2D eigenvalue weighted by atomic mass is 10.1. The fraction of sp³-hybridized carbons (Fsp3) is 0.333. The first-order valence-corrected chi connectivity index (χ1v) is 6.42. The van der Waals surface area contributed by atoms with Crippen LogP contribution in [0.2, 0.25) is 0 Å². The van der Waals surface area contributed by atoms with E-state index >= 15 is 0 Å². The molecule has 1 aromatic heterocycles. The molecule has 2 rings (SSSR count). The SMILES string of the molecule is CCCOc1ccc(-c2nc(C)c(C)[nH]c2=O)cc1. The van der Waals surface area contributed by atoms with Gasteiger partial charge in [-0.05, 0) is 44.5 Å². The Hall–Kier alpha value is -2.10. The molecule has 0 spiro atoms. The Morgan fingerprint density at radius 1 is 1.21 bits per heavy atom. The highest BCUT2D eigenvalue weighted by atomic mass is 16.5. The number of nitrogens with zero attached hydrogens (tertiary/aromatic N) is 1. The first kappa shape index (κ1) is 13.3. The lowest BCUT2D eigenvalue weighted by molar-refractivity contribution is 0.317. The molecule has 0 aliphatic rings. The van der Waals surface area contributed by atoms with Crippen LogP contribution in [0.3, 0.4) is 0 Å². The minimum atomic E-state index is -0.162. The van der Waals surface area contributed by atoms with Gasteiger partial charge >= 0.3 is 0 Å². The van der Waals surface area contributed by atoms with Gasteiger partial charge in [0.1, 0.15) is 11.4 Å². The zero-order chi connectivity index (χ0) is 13.8. The van der Waals surface area contributed by atoms with Crippen molar-refractivity contribution in [3.63, 3.8) is 0 Å². The van der Waals surface area contributed by atoms with Gasteiger partial charge < -0.3 is 9.72 Å². The topological polar surface area (TPSA) is 55.0 Å². The van der Waals surface area contributed by atoms with E-state index in [0.29, 0.717) is 12.3 Å². The minimum Gasteiger partial charge on any atom is -0.494 e. The molecular weight excluding hydrogens is 240 g/mol. The zero-order valence-corrected chi connectivity index (χ0v) is 11.5. The summed E-state index contributed by atoms with van der Waals surface area (Å²) in [5.74, 6) is 0.811. The maximum Gasteiger partial charge on any atom is 0.274 e. The monoisotopic (exact) mass is 258 g/mol. The third kappa shape index (κ3) is 3.02. The first-order valence-electron chi connectivity index (χ1n) is 6.42. The number of ether oxygens (including phenoxy) is 1. The summed E-state index contributed by atoms with van der Waals surface area (Å²) < 4.78 is 5.51. The van der Waals surface area contributed by atoms with Gasteiger partial charge in [0.25, 0.3) is 5.56 Å². The average Bonchev–Trinajstić information content (AvgIpc) is 2.41. The lowest BCUT2D eigenvalue weighted by Crippen LogP contribution is -2.14. The molecule has 4 heteroatoms. The third-order valence-electron chi connectivity index (χ3n) is 2.94. The van der Waals surface area contributed by atoms with E-state index in [1.165, 1.54) is 0 Å². The number of benzene rings is 1. The maximum atomic E-state index is 11.9. The molecule has 0 amide bonds. The molecule has 0 saturated carbocycles. The number of aromatic nitrogens is 2. The summed E-state index contributed by atoms with van der Waals surface area (Å²) >= 11 is 0. The van der Waals surface area contributed by atoms with Crippen LogP contribution in [0.5, 0.6) is 5.75 Å². The molecule has 1 heterocycles. The number of hydrogen-bond acceptors (Lipinski definition) is 3. The normalized spacial score (nSPS) is 10.5. The highest BCUT2D eigenvalue weighted by Gasteiger charge is 2.07. The van der Waals surface area contributed by atoms with Crippen molar-refractivity contribution in [2.45, 2.75) is 27.2 Å². The summed E-state index contributed by atoms with van der Waals surface area (Å²) in [6.07, 6.45) is 0.972. The van der Waals surface area contributed by atoms with Crippen LogP contribution in [0.15, 0.2) is 29.1 Å². The predicted molar refractivity (Wildman–Crippen MR) is 75.6 cm³/mol. The third-order valence-corrected chi connectivity index (χ3v) is 2.94. The number of nitrogens with one attached hydrogen (secondary N) is 1. The Kier molecular flexibility index (Phi) is 4.00. The Bertz CT molecular complexity index is 615. The van der Waals surface area contributed by atoms with E-state index in [4.69, 9.17) is 4.74 Å². The first-order chi connectivity index (χ1) is 9.11. The second-order valence-electron chi connectivity index (χ2n) is 4.50. The van der Waals surface area contributed by atoms with E-state index in [9.17, 15) is 4.79 Å². The van der Waals surface area contributed by atoms with E-state index in [0.717, 1.165) is 29.1 Å². The fourth-order valence-corrected chi connectivity index (χ4v) is 1.75. The van der Waals surface area contributed by atoms with Gasteiger partial charge in [-0.1, -0.05) is 6.92 Å². The van der Waals surface area contributed by atoms with Gasteiger partial charge in [-0.25, -0.2) is 4.98 Å². The molecule has 0 bridgehead atoms. The smallest absolute Gasteiger partial charge is 0.274 e. The van der Waals surface area contributed by atoms with Crippen molar-refractivity contribution in [2.24, 2.45) is 0 Å². The average molecular weight is 258 g/mol. The van der Waals surface area contributed by atoms with Crippen molar-refractivity contribution >= 4 is 0 Å². The molecule has 0 unspecified atom stereocenters. The summed E-state index contributed by atoms with van der Waals surface area (Å²) in [5, 5.41) is 0. The van der Waals surface area contributed by atoms with Crippen LogP contribution >= 0.6 is 0 Å². The van der Waals surface area contributed by atoms with Gasteiger partial charge in [0.15, 0.2) is 0 Å². The number of H-pyrrole nitrogens is 1. The number of aryl methyl sites for hydroxylation is 2. The zero-order valence-electron chi connectivity index (χ0n) is 11.5. The summed E-state index contributed by atoms with van der Waals surface area (Å²) in [6.45, 7) is 6.48. The van der Waals surface area contributed by atoms with E-state index in [2.05, 4.69) is 16.9 Å². The highest BCUT2D eigenvalue weighted by molar-refractivity contribution is 5.59. The molecule has 0 aliphatic heterocycles. The lowest BCUT2D eigenvalue weighted by Gasteiger charge is -2.06. The van der Waals surface area contributed by atoms with Crippen LogP contribution < -0.4 is 10.3 Å². The summed E-state index contributed by atoms with van der Waals surface area (Å²) in [6, 6.07) is 7.44. The molecule has 0 aliphatic carbocycles. The second-order valence-corrected chi connectivity index (χ2v) is 4.50. The summed E-state index contributed by atoms with van der Waals surface area (Å²) in [5.41, 5.74) is 2.72. The number of hydrogen-bond donors (Lipinski definition) is 1. The molecule has 19 heavy (non-hydrogen) atoms. The number of rotatable bonds is 4.